The zero-order valence-corrected chi connectivity index (χ0v) is 10.7. The van der Waals surface area contributed by atoms with E-state index in [1.54, 1.807) is 4.90 Å². The molecule has 1 aliphatic rings. The van der Waals surface area contributed by atoms with Gasteiger partial charge in [0.15, 0.2) is 11.6 Å². The Bertz CT molecular complexity index is 543. The summed E-state index contributed by atoms with van der Waals surface area (Å²) in [5.74, 6) is -4.46. The molecular formula is C13H14F2N2O3. The SMILES string of the molecule is O=C(O)c1ccc(NCC(=O)N2CCCC2)c(F)c1F. The van der Waals surface area contributed by atoms with Gasteiger partial charge in [-0.3, -0.25) is 4.79 Å². The van der Waals surface area contributed by atoms with E-state index in [1.165, 1.54) is 0 Å². The van der Waals surface area contributed by atoms with Gasteiger partial charge in [-0.1, -0.05) is 0 Å². The Morgan fingerprint density at radius 1 is 1.20 bits per heavy atom. The number of carboxylic acid groups (broad SMARTS) is 1. The average Bonchev–Trinajstić information content (AvgIpc) is 2.93. The summed E-state index contributed by atoms with van der Waals surface area (Å²) in [7, 11) is 0. The van der Waals surface area contributed by atoms with Crippen LogP contribution >= 0.6 is 0 Å². The number of halogens is 2. The van der Waals surface area contributed by atoms with Gasteiger partial charge in [0, 0.05) is 13.1 Å². The molecule has 1 aromatic rings. The van der Waals surface area contributed by atoms with E-state index in [0.717, 1.165) is 25.0 Å². The van der Waals surface area contributed by atoms with Gasteiger partial charge in [0.05, 0.1) is 17.8 Å². The molecule has 5 nitrogen and oxygen atoms in total. The van der Waals surface area contributed by atoms with Crippen LogP contribution in [0.25, 0.3) is 0 Å². The van der Waals surface area contributed by atoms with Crippen LogP contribution in [0.1, 0.15) is 23.2 Å². The molecule has 7 heteroatoms. The van der Waals surface area contributed by atoms with E-state index in [2.05, 4.69) is 5.32 Å². The zero-order valence-electron chi connectivity index (χ0n) is 10.7. The molecule has 1 saturated heterocycles. The van der Waals surface area contributed by atoms with E-state index >= 15 is 0 Å². The van der Waals surface area contributed by atoms with Crippen molar-refractivity contribution < 1.29 is 23.5 Å². The van der Waals surface area contributed by atoms with Crippen molar-refractivity contribution in [2.24, 2.45) is 0 Å². The van der Waals surface area contributed by atoms with Crippen LogP contribution in [0.4, 0.5) is 14.5 Å². The van der Waals surface area contributed by atoms with Gasteiger partial charge in [-0.15, -0.1) is 0 Å². The third-order valence-electron chi connectivity index (χ3n) is 3.20. The number of likely N-dealkylation sites (tertiary alicyclic amines) is 1. The van der Waals surface area contributed by atoms with Gasteiger partial charge in [-0.05, 0) is 25.0 Å². The van der Waals surface area contributed by atoms with E-state index in [9.17, 15) is 18.4 Å². The monoisotopic (exact) mass is 284 g/mol. The molecule has 1 aliphatic heterocycles. The van der Waals surface area contributed by atoms with Crippen LogP contribution in [0.3, 0.4) is 0 Å². The lowest BCUT2D eigenvalue weighted by molar-refractivity contribution is -0.128. The number of hydrogen-bond acceptors (Lipinski definition) is 3. The number of rotatable bonds is 4. The third kappa shape index (κ3) is 2.87. The minimum absolute atomic E-state index is 0.150. The van der Waals surface area contributed by atoms with Crippen LogP contribution < -0.4 is 5.32 Å². The fourth-order valence-electron chi connectivity index (χ4n) is 2.10. The van der Waals surface area contributed by atoms with Crippen molar-refractivity contribution in [1.29, 1.82) is 0 Å². The van der Waals surface area contributed by atoms with Crippen LogP contribution in [-0.4, -0.2) is 41.5 Å². The van der Waals surface area contributed by atoms with Gasteiger partial charge >= 0.3 is 5.97 Å². The Morgan fingerprint density at radius 2 is 1.85 bits per heavy atom. The minimum atomic E-state index is -1.54. The maximum Gasteiger partial charge on any atom is 0.338 e. The number of carboxylic acids is 1. The molecule has 1 heterocycles. The maximum atomic E-state index is 13.6. The third-order valence-corrected chi connectivity index (χ3v) is 3.20. The molecule has 0 saturated carbocycles. The first kappa shape index (κ1) is 14.2. The molecule has 2 rings (SSSR count). The van der Waals surface area contributed by atoms with Crippen molar-refractivity contribution >= 4 is 17.6 Å². The minimum Gasteiger partial charge on any atom is -0.478 e. The van der Waals surface area contributed by atoms with Crippen molar-refractivity contribution in [3.63, 3.8) is 0 Å². The fraction of sp³-hybridized carbons (Fsp3) is 0.385. The van der Waals surface area contributed by atoms with Crippen LogP contribution in [0.2, 0.25) is 0 Å². The molecule has 0 unspecified atom stereocenters. The zero-order chi connectivity index (χ0) is 14.7. The lowest BCUT2D eigenvalue weighted by Gasteiger charge is -2.16. The van der Waals surface area contributed by atoms with Crippen LogP contribution in [0.5, 0.6) is 0 Å². The molecule has 1 amide bonds. The Labute approximate surface area is 114 Å². The van der Waals surface area contributed by atoms with Crippen molar-refractivity contribution in [1.82, 2.24) is 4.90 Å². The summed E-state index contributed by atoms with van der Waals surface area (Å²) < 4.78 is 27.1. The number of nitrogens with zero attached hydrogens (tertiary/aromatic N) is 1. The quantitative estimate of drug-likeness (QED) is 0.883. The van der Waals surface area contributed by atoms with Crippen molar-refractivity contribution in [3.8, 4) is 0 Å². The lowest BCUT2D eigenvalue weighted by atomic mass is 10.2. The smallest absolute Gasteiger partial charge is 0.338 e. The number of hydrogen-bond donors (Lipinski definition) is 2. The van der Waals surface area contributed by atoms with E-state index < -0.39 is 23.2 Å². The molecule has 20 heavy (non-hydrogen) atoms. The van der Waals surface area contributed by atoms with Crippen LogP contribution in [-0.2, 0) is 4.79 Å². The number of amides is 1. The molecule has 0 spiro atoms. The second-order valence-corrected chi connectivity index (χ2v) is 4.54. The molecule has 1 aromatic carbocycles. The van der Waals surface area contributed by atoms with E-state index in [1.807, 2.05) is 0 Å². The topological polar surface area (TPSA) is 69.6 Å². The lowest BCUT2D eigenvalue weighted by Crippen LogP contribution is -2.33. The Balaban J connectivity index is 2.04. The number of carbonyl (C=O) groups is 2. The van der Waals surface area contributed by atoms with Gasteiger partial charge in [0.1, 0.15) is 0 Å². The first-order chi connectivity index (χ1) is 9.50. The molecule has 0 radical (unpaired) electrons. The van der Waals surface area contributed by atoms with Gasteiger partial charge in [0.25, 0.3) is 0 Å². The molecular weight excluding hydrogens is 270 g/mol. The fourth-order valence-corrected chi connectivity index (χ4v) is 2.10. The predicted molar refractivity (Wildman–Crippen MR) is 67.6 cm³/mol. The number of nitrogens with one attached hydrogen (secondary N) is 1. The molecule has 2 N–H and O–H groups in total. The summed E-state index contributed by atoms with van der Waals surface area (Å²) in [4.78, 5) is 24.0. The summed E-state index contributed by atoms with van der Waals surface area (Å²) in [6.07, 6.45) is 1.89. The molecule has 0 aromatic heterocycles. The average molecular weight is 284 g/mol. The number of aromatic carboxylic acids is 1. The Hall–Kier alpha value is -2.18. The first-order valence-corrected chi connectivity index (χ1v) is 6.23. The standard InChI is InChI=1S/C13H14F2N2O3/c14-11-8(13(19)20)3-4-9(12(11)15)16-7-10(18)17-5-1-2-6-17/h3-4,16H,1-2,5-7H2,(H,19,20). The summed E-state index contributed by atoms with van der Waals surface area (Å²) in [5.41, 5.74) is -0.959. The van der Waals surface area contributed by atoms with Crippen molar-refractivity contribution in [3.05, 3.63) is 29.3 Å². The normalized spacial score (nSPS) is 14.4. The Morgan fingerprint density at radius 3 is 2.45 bits per heavy atom. The summed E-state index contributed by atoms with van der Waals surface area (Å²) in [6, 6.07) is 2.07. The highest BCUT2D eigenvalue weighted by atomic mass is 19.2. The molecule has 0 aliphatic carbocycles. The number of benzene rings is 1. The highest BCUT2D eigenvalue weighted by Gasteiger charge is 2.20. The van der Waals surface area contributed by atoms with Gasteiger partial charge < -0.3 is 15.3 Å². The second kappa shape index (κ2) is 5.85. The van der Waals surface area contributed by atoms with Gasteiger partial charge in [-0.2, -0.15) is 0 Å². The Kier molecular flexibility index (Phi) is 4.16. The summed E-state index contributed by atoms with van der Waals surface area (Å²) in [5, 5.41) is 11.2. The van der Waals surface area contributed by atoms with Crippen LogP contribution in [0, 0.1) is 11.6 Å². The summed E-state index contributed by atoms with van der Waals surface area (Å²) >= 11 is 0. The van der Waals surface area contributed by atoms with Gasteiger partial charge in [-0.25, -0.2) is 13.6 Å². The van der Waals surface area contributed by atoms with Crippen molar-refractivity contribution in [2.75, 3.05) is 25.0 Å². The van der Waals surface area contributed by atoms with Gasteiger partial charge in [0.2, 0.25) is 5.91 Å². The van der Waals surface area contributed by atoms with Crippen molar-refractivity contribution in [2.45, 2.75) is 12.8 Å². The second-order valence-electron chi connectivity index (χ2n) is 4.54. The first-order valence-electron chi connectivity index (χ1n) is 6.23. The maximum absolute atomic E-state index is 13.6. The molecule has 0 bridgehead atoms. The van der Waals surface area contributed by atoms with Crippen LogP contribution in [0.15, 0.2) is 12.1 Å². The van der Waals surface area contributed by atoms with E-state index in [4.69, 9.17) is 5.11 Å². The molecule has 0 atom stereocenters. The molecule has 108 valence electrons. The highest BCUT2D eigenvalue weighted by molar-refractivity contribution is 5.88. The molecule has 1 fully saturated rings. The van der Waals surface area contributed by atoms with E-state index in [0.29, 0.717) is 13.1 Å². The predicted octanol–water partition coefficient (Wildman–Crippen LogP) is 1.70. The largest absolute Gasteiger partial charge is 0.478 e. The van der Waals surface area contributed by atoms with E-state index in [-0.39, 0.29) is 18.1 Å². The number of carbonyl (C=O) groups excluding carboxylic acids is 1. The highest BCUT2D eigenvalue weighted by Crippen LogP contribution is 2.20. The summed E-state index contributed by atoms with van der Waals surface area (Å²) in [6.45, 7) is 1.20. The number of anilines is 1.